The Balaban J connectivity index is 1.79. The van der Waals surface area contributed by atoms with Crippen LogP contribution in [0.1, 0.15) is 10.5 Å². The summed E-state index contributed by atoms with van der Waals surface area (Å²) in [6.45, 7) is 3.06. The van der Waals surface area contributed by atoms with Gasteiger partial charge < -0.3 is 10.2 Å². The number of hydrogen-bond donors (Lipinski definition) is 1. The molecule has 0 bridgehead atoms. The zero-order valence-electron chi connectivity index (χ0n) is 10.8. The molecule has 3 rings (SSSR count). The van der Waals surface area contributed by atoms with Gasteiger partial charge in [0.15, 0.2) is 0 Å². The van der Waals surface area contributed by atoms with Crippen molar-refractivity contribution in [2.24, 2.45) is 0 Å². The van der Waals surface area contributed by atoms with Crippen molar-refractivity contribution in [1.29, 1.82) is 0 Å². The number of benzene rings is 1. The average Bonchev–Trinajstić information content (AvgIpc) is 2.98. The lowest BCUT2D eigenvalue weighted by Gasteiger charge is -2.26. The first-order valence-corrected chi connectivity index (χ1v) is 7.33. The standard InChI is InChI=1S/C14H14FN3OS/c15-11-3-1-10(2-4-11)13-17-12(9-20-13)14(19)18-7-5-16-6-8-18/h1-4,9,16H,5-8H2. The molecule has 0 atom stereocenters. The van der Waals surface area contributed by atoms with Crippen molar-refractivity contribution in [2.45, 2.75) is 0 Å². The molecule has 4 nitrogen and oxygen atoms in total. The maximum atomic E-state index is 12.9. The average molecular weight is 291 g/mol. The normalized spacial score (nSPS) is 15.3. The smallest absolute Gasteiger partial charge is 0.273 e. The van der Waals surface area contributed by atoms with Gasteiger partial charge in [-0.05, 0) is 24.3 Å². The van der Waals surface area contributed by atoms with Crippen molar-refractivity contribution in [3.63, 3.8) is 0 Å². The summed E-state index contributed by atoms with van der Waals surface area (Å²) in [5, 5.41) is 5.72. The third-order valence-corrected chi connectivity index (χ3v) is 4.11. The van der Waals surface area contributed by atoms with Gasteiger partial charge in [0.25, 0.3) is 5.91 Å². The van der Waals surface area contributed by atoms with E-state index in [1.54, 1.807) is 22.4 Å². The fraction of sp³-hybridized carbons (Fsp3) is 0.286. The predicted octanol–water partition coefficient (Wildman–Crippen LogP) is 1.99. The highest BCUT2D eigenvalue weighted by Crippen LogP contribution is 2.24. The van der Waals surface area contributed by atoms with Crippen LogP contribution in [0, 0.1) is 5.82 Å². The van der Waals surface area contributed by atoms with E-state index in [9.17, 15) is 9.18 Å². The van der Waals surface area contributed by atoms with Crippen molar-refractivity contribution in [3.05, 3.63) is 41.2 Å². The van der Waals surface area contributed by atoms with Gasteiger partial charge in [-0.3, -0.25) is 4.79 Å². The molecule has 1 fully saturated rings. The summed E-state index contributed by atoms with van der Waals surface area (Å²) >= 11 is 1.40. The van der Waals surface area contributed by atoms with Gasteiger partial charge in [-0.1, -0.05) is 0 Å². The van der Waals surface area contributed by atoms with Crippen molar-refractivity contribution < 1.29 is 9.18 Å². The van der Waals surface area contributed by atoms with Crippen LogP contribution in [-0.2, 0) is 0 Å². The fourth-order valence-corrected chi connectivity index (χ4v) is 2.93. The monoisotopic (exact) mass is 291 g/mol. The van der Waals surface area contributed by atoms with Crippen LogP contribution in [0.2, 0.25) is 0 Å². The zero-order valence-corrected chi connectivity index (χ0v) is 11.6. The summed E-state index contributed by atoms with van der Waals surface area (Å²) in [7, 11) is 0. The first-order valence-electron chi connectivity index (χ1n) is 6.45. The Bertz CT molecular complexity index is 605. The lowest BCUT2D eigenvalue weighted by molar-refractivity contribution is 0.0731. The first-order chi connectivity index (χ1) is 9.74. The molecule has 0 saturated carbocycles. The number of thiazole rings is 1. The van der Waals surface area contributed by atoms with E-state index in [-0.39, 0.29) is 11.7 Å². The minimum atomic E-state index is -0.276. The number of nitrogens with zero attached hydrogens (tertiary/aromatic N) is 2. The molecule has 0 spiro atoms. The fourth-order valence-electron chi connectivity index (χ4n) is 2.13. The summed E-state index contributed by atoms with van der Waals surface area (Å²) in [6.07, 6.45) is 0. The van der Waals surface area contributed by atoms with Gasteiger partial charge in [-0.15, -0.1) is 11.3 Å². The lowest BCUT2D eigenvalue weighted by atomic mass is 10.2. The quantitative estimate of drug-likeness (QED) is 0.920. The molecule has 1 aromatic carbocycles. The number of hydrogen-bond acceptors (Lipinski definition) is 4. The number of carbonyl (C=O) groups excluding carboxylic acids is 1. The van der Waals surface area contributed by atoms with Crippen molar-refractivity contribution in [2.75, 3.05) is 26.2 Å². The molecule has 1 N–H and O–H groups in total. The van der Waals surface area contributed by atoms with E-state index in [2.05, 4.69) is 10.3 Å². The number of aromatic nitrogens is 1. The molecule has 6 heteroatoms. The maximum Gasteiger partial charge on any atom is 0.273 e. The van der Waals surface area contributed by atoms with Gasteiger partial charge in [-0.25, -0.2) is 9.37 Å². The van der Waals surface area contributed by atoms with Crippen molar-refractivity contribution in [1.82, 2.24) is 15.2 Å². The number of nitrogens with one attached hydrogen (secondary N) is 1. The molecular formula is C14H14FN3OS. The van der Waals surface area contributed by atoms with Crippen LogP contribution >= 0.6 is 11.3 Å². The number of amides is 1. The van der Waals surface area contributed by atoms with Crippen LogP contribution in [0.3, 0.4) is 0 Å². The zero-order chi connectivity index (χ0) is 13.9. The second kappa shape index (κ2) is 5.68. The van der Waals surface area contributed by atoms with Gasteiger partial charge in [0.05, 0.1) is 0 Å². The van der Waals surface area contributed by atoms with E-state index in [4.69, 9.17) is 0 Å². The van der Waals surface area contributed by atoms with Gasteiger partial charge in [-0.2, -0.15) is 0 Å². The summed E-state index contributed by atoms with van der Waals surface area (Å²) in [5.74, 6) is -0.307. The second-order valence-corrected chi connectivity index (χ2v) is 5.45. The highest BCUT2D eigenvalue weighted by molar-refractivity contribution is 7.13. The molecule has 1 aliphatic heterocycles. The third kappa shape index (κ3) is 2.71. The largest absolute Gasteiger partial charge is 0.335 e. The van der Waals surface area contributed by atoms with Crippen LogP contribution in [0.15, 0.2) is 29.6 Å². The Morgan fingerprint density at radius 2 is 1.95 bits per heavy atom. The van der Waals surface area contributed by atoms with E-state index in [1.165, 1.54) is 23.5 Å². The number of halogens is 1. The molecule has 1 saturated heterocycles. The van der Waals surface area contributed by atoms with Crippen LogP contribution in [0.25, 0.3) is 10.6 Å². The highest BCUT2D eigenvalue weighted by Gasteiger charge is 2.20. The van der Waals surface area contributed by atoms with E-state index >= 15 is 0 Å². The third-order valence-electron chi connectivity index (χ3n) is 3.22. The topological polar surface area (TPSA) is 45.2 Å². The molecule has 2 heterocycles. The Kier molecular flexibility index (Phi) is 3.75. The number of rotatable bonds is 2. The molecule has 0 unspecified atom stereocenters. The van der Waals surface area contributed by atoms with Crippen molar-refractivity contribution in [3.8, 4) is 10.6 Å². The highest BCUT2D eigenvalue weighted by atomic mass is 32.1. The Hall–Kier alpha value is -1.79. The lowest BCUT2D eigenvalue weighted by Crippen LogP contribution is -2.46. The first kappa shape index (κ1) is 13.2. The second-order valence-electron chi connectivity index (χ2n) is 4.59. The van der Waals surface area contributed by atoms with E-state index < -0.39 is 0 Å². The van der Waals surface area contributed by atoms with E-state index in [0.717, 1.165) is 23.7 Å². The molecule has 2 aromatic rings. The summed E-state index contributed by atoms with van der Waals surface area (Å²) in [4.78, 5) is 18.5. The van der Waals surface area contributed by atoms with E-state index in [0.29, 0.717) is 18.8 Å². The molecule has 1 amide bonds. The SMILES string of the molecule is O=C(c1csc(-c2ccc(F)cc2)n1)N1CCNCC1. The summed E-state index contributed by atoms with van der Waals surface area (Å²) in [5.41, 5.74) is 1.30. The number of piperazine rings is 1. The molecule has 0 radical (unpaired) electrons. The Labute approximate surface area is 120 Å². The summed E-state index contributed by atoms with van der Waals surface area (Å²) < 4.78 is 12.9. The molecule has 1 aromatic heterocycles. The molecule has 1 aliphatic rings. The minimum Gasteiger partial charge on any atom is -0.335 e. The summed E-state index contributed by atoms with van der Waals surface area (Å²) in [6, 6.07) is 6.14. The maximum absolute atomic E-state index is 12.9. The van der Waals surface area contributed by atoms with Gasteiger partial charge >= 0.3 is 0 Å². The number of carbonyl (C=O) groups is 1. The van der Waals surface area contributed by atoms with E-state index in [1.807, 2.05) is 0 Å². The molecule has 104 valence electrons. The van der Waals surface area contributed by atoms with Crippen LogP contribution in [-0.4, -0.2) is 42.0 Å². The van der Waals surface area contributed by atoms with Crippen molar-refractivity contribution >= 4 is 17.2 Å². The molecule has 0 aliphatic carbocycles. The van der Waals surface area contributed by atoms with Crippen LogP contribution in [0.5, 0.6) is 0 Å². The van der Waals surface area contributed by atoms with Crippen LogP contribution in [0.4, 0.5) is 4.39 Å². The van der Waals surface area contributed by atoms with Gasteiger partial charge in [0, 0.05) is 37.1 Å². The Morgan fingerprint density at radius 3 is 2.65 bits per heavy atom. The Morgan fingerprint density at radius 1 is 1.25 bits per heavy atom. The van der Waals surface area contributed by atoms with Crippen LogP contribution < -0.4 is 5.32 Å². The van der Waals surface area contributed by atoms with Gasteiger partial charge in [0.1, 0.15) is 16.5 Å². The predicted molar refractivity (Wildman–Crippen MR) is 76.3 cm³/mol. The van der Waals surface area contributed by atoms with Gasteiger partial charge in [0.2, 0.25) is 0 Å². The minimum absolute atomic E-state index is 0.0314. The molecule has 20 heavy (non-hydrogen) atoms. The molecular weight excluding hydrogens is 277 g/mol.